The molecule has 0 spiro atoms. The minimum atomic E-state index is -5.05. The Balaban J connectivity index is 1.16. The molecule has 0 radical (unpaired) electrons. The Bertz CT molecular complexity index is 3360. The van der Waals surface area contributed by atoms with Crippen molar-refractivity contribution in [1.29, 1.82) is 0 Å². The van der Waals surface area contributed by atoms with Gasteiger partial charge in [-0.3, -0.25) is 9.56 Å². The van der Waals surface area contributed by atoms with Crippen LogP contribution in [0, 0.1) is 13.8 Å². The molecule has 364 valence electrons. The highest BCUT2D eigenvalue weighted by molar-refractivity contribution is 6.12. The number of pyridine rings is 1. The minimum Gasteiger partial charge on any atom is -0.457 e. The molecular formula is C60H56F6N4O. The van der Waals surface area contributed by atoms with E-state index in [1.54, 1.807) is 6.07 Å². The maximum atomic E-state index is 14.5. The third kappa shape index (κ3) is 8.54. The Hall–Kier alpha value is -6.88. The normalized spacial score (nSPS) is 16.0. The quantitative estimate of drug-likeness (QED) is 0.150. The lowest BCUT2D eigenvalue weighted by Crippen LogP contribution is -2.32. The van der Waals surface area contributed by atoms with E-state index in [0.29, 0.717) is 17.1 Å². The predicted molar refractivity (Wildman–Crippen MR) is 273 cm³/mol. The van der Waals surface area contributed by atoms with Gasteiger partial charge in [-0.2, -0.15) is 26.3 Å². The number of aliphatic imine (C=N–C) groups is 1. The average molecular weight is 963 g/mol. The third-order valence-corrected chi connectivity index (χ3v) is 14.3. The Morgan fingerprint density at radius 2 is 1.23 bits per heavy atom. The first-order valence-electron chi connectivity index (χ1n) is 24.0. The van der Waals surface area contributed by atoms with Crippen LogP contribution in [0.3, 0.4) is 0 Å². The van der Waals surface area contributed by atoms with Crippen LogP contribution in [0.25, 0.3) is 27.6 Å². The predicted octanol–water partition coefficient (Wildman–Crippen LogP) is 16.3. The number of halogens is 6. The second kappa shape index (κ2) is 16.6. The van der Waals surface area contributed by atoms with Crippen LogP contribution in [0.5, 0.6) is 11.5 Å². The molecule has 1 atom stereocenters. The molecule has 2 aliphatic heterocycles. The molecule has 0 aliphatic carbocycles. The van der Waals surface area contributed by atoms with Crippen LogP contribution >= 0.6 is 0 Å². The minimum absolute atomic E-state index is 0.0103. The number of fused-ring (bicyclic) bond motifs is 5. The molecule has 0 bridgehead atoms. The van der Waals surface area contributed by atoms with Crippen molar-refractivity contribution < 1.29 is 31.1 Å². The van der Waals surface area contributed by atoms with Gasteiger partial charge in [0, 0.05) is 52.2 Å². The summed E-state index contributed by atoms with van der Waals surface area (Å²) in [5, 5.41) is 2.19. The van der Waals surface area contributed by atoms with E-state index < -0.39 is 46.3 Å². The summed E-state index contributed by atoms with van der Waals surface area (Å²) in [5.74, 6) is 0.852. The van der Waals surface area contributed by atoms with Gasteiger partial charge < -0.3 is 9.64 Å². The van der Waals surface area contributed by atoms with Crippen LogP contribution < -0.4 is 9.64 Å². The first kappa shape index (κ1) is 47.8. The topological polar surface area (TPSA) is 42.6 Å². The fourth-order valence-electron chi connectivity index (χ4n) is 10.5. The van der Waals surface area contributed by atoms with Crippen molar-refractivity contribution in [2.24, 2.45) is 4.99 Å². The van der Waals surface area contributed by atoms with E-state index in [0.717, 1.165) is 73.1 Å². The van der Waals surface area contributed by atoms with Gasteiger partial charge in [-0.25, -0.2) is 4.98 Å². The van der Waals surface area contributed by atoms with Gasteiger partial charge in [0.25, 0.3) is 0 Å². The summed E-state index contributed by atoms with van der Waals surface area (Å²) in [5.41, 5.74) is 7.42. The molecule has 8 aromatic rings. The van der Waals surface area contributed by atoms with Crippen molar-refractivity contribution in [2.75, 3.05) is 11.4 Å². The summed E-state index contributed by atoms with van der Waals surface area (Å²) in [6, 6.07) is 37.2. The molecule has 0 amide bonds. The number of amidine groups is 1. The van der Waals surface area contributed by atoms with Gasteiger partial charge in [-0.1, -0.05) is 122 Å². The van der Waals surface area contributed by atoms with E-state index in [1.807, 2.05) is 107 Å². The Labute approximate surface area is 410 Å². The van der Waals surface area contributed by atoms with E-state index in [9.17, 15) is 26.3 Å². The fourth-order valence-corrected chi connectivity index (χ4v) is 10.5. The van der Waals surface area contributed by atoms with E-state index in [-0.39, 0.29) is 29.5 Å². The lowest BCUT2D eigenvalue weighted by molar-refractivity contribution is -0.143. The lowest BCUT2D eigenvalue weighted by atomic mass is 9.72. The van der Waals surface area contributed by atoms with E-state index in [1.165, 1.54) is 16.0 Å². The molecule has 0 saturated heterocycles. The molecule has 0 fully saturated rings. The van der Waals surface area contributed by atoms with Crippen molar-refractivity contribution >= 4 is 33.5 Å². The molecule has 2 aliphatic rings. The number of anilines is 1. The first-order chi connectivity index (χ1) is 33.3. The Kier molecular flexibility index (Phi) is 11.2. The number of aryl methyl sites for hydroxylation is 2. The standard InChI is InChI=1S/C60H56F6N4O/c1-34-21-46-45-29-40(57(6,7)8)30-48-53(45)70(55(46)67-32-34)50-31-51(35(2)22-47(50)58(48,9)10)71-44-24-38(23-39(28-44)56(3,4)5)54-68-49(52(36-17-13-11-14-18-36)37-19-15-12-16-20-37)33-69(54)43-26-41(59(61,62)63)25-42(27-43)60(64,65)66/h11-32,49,52H,33H2,1-10H3/t49-/m0/s1. The largest absolute Gasteiger partial charge is 0.457 e. The van der Waals surface area contributed by atoms with E-state index in [4.69, 9.17) is 14.7 Å². The molecule has 2 aromatic heterocycles. The highest BCUT2D eigenvalue weighted by atomic mass is 19.4. The lowest BCUT2D eigenvalue weighted by Gasteiger charge is -2.36. The summed E-state index contributed by atoms with van der Waals surface area (Å²) >= 11 is 0. The number of nitrogens with zero attached hydrogens (tertiary/aromatic N) is 4. The molecule has 6 aromatic carbocycles. The van der Waals surface area contributed by atoms with Crippen molar-refractivity contribution in [3.63, 3.8) is 0 Å². The van der Waals surface area contributed by atoms with E-state index >= 15 is 0 Å². The molecule has 0 N–H and O–H groups in total. The fraction of sp³-hybridized carbons (Fsp3) is 0.300. The number of aromatic nitrogens is 2. The van der Waals surface area contributed by atoms with Crippen LogP contribution in [0.15, 0.2) is 139 Å². The number of benzene rings is 6. The highest BCUT2D eigenvalue weighted by Crippen LogP contribution is 2.51. The average Bonchev–Trinajstić information content (AvgIpc) is 3.88. The highest BCUT2D eigenvalue weighted by Gasteiger charge is 2.42. The van der Waals surface area contributed by atoms with Gasteiger partial charge in [0.15, 0.2) is 0 Å². The monoisotopic (exact) mass is 962 g/mol. The number of rotatable bonds is 7. The number of hydrogen-bond donors (Lipinski definition) is 0. The molecule has 10 rings (SSSR count). The van der Waals surface area contributed by atoms with Gasteiger partial charge >= 0.3 is 12.4 Å². The first-order valence-corrected chi connectivity index (χ1v) is 24.0. The zero-order valence-corrected chi connectivity index (χ0v) is 41.5. The maximum Gasteiger partial charge on any atom is 0.416 e. The Morgan fingerprint density at radius 1 is 0.634 bits per heavy atom. The molecule has 11 heteroatoms. The van der Waals surface area contributed by atoms with Crippen LogP contribution in [-0.4, -0.2) is 28.0 Å². The zero-order chi connectivity index (χ0) is 50.7. The molecule has 4 heterocycles. The van der Waals surface area contributed by atoms with Crippen molar-refractivity contribution in [2.45, 2.75) is 110 Å². The van der Waals surface area contributed by atoms with Crippen LogP contribution in [0.2, 0.25) is 0 Å². The second-order valence-corrected chi connectivity index (χ2v) is 21.9. The van der Waals surface area contributed by atoms with Crippen molar-refractivity contribution in [3.05, 3.63) is 195 Å². The number of alkyl halides is 6. The third-order valence-electron chi connectivity index (χ3n) is 14.3. The van der Waals surface area contributed by atoms with Crippen molar-refractivity contribution in [1.82, 2.24) is 9.55 Å². The number of ether oxygens (including phenoxy) is 1. The molecule has 5 nitrogen and oxygen atoms in total. The van der Waals surface area contributed by atoms with Crippen molar-refractivity contribution in [3.8, 4) is 17.2 Å². The molecular weight excluding hydrogens is 907 g/mol. The summed E-state index contributed by atoms with van der Waals surface area (Å²) in [6.45, 7) is 21.4. The van der Waals surface area contributed by atoms with Crippen LogP contribution in [-0.2, 0) is 28.6 Å². The molecule has 0 unspecified atom stereocenters. The van der Waals surface area contributed by atoms with Crippen LogP contribution in [0.4, 0.5) is 32.0 Å². The SMILES string of the molecule is Cc1cnc2c(c1)c1cc(C(C)(C)C)cc3c1n2-c1cc(Oc2cc(C4=N[C@H](C(c5ccccc5)c5ccccc5)CN4c4cc(C(F)(F)F)cc(C(F)(F)F)c4)cc(C(C)(C)C)c2)c(C)cc1C3(C)C. The summed E-state index contributed by atoms with van der Waals surface area (Å²) < 4.78 is 96.5. The van der Waals surface area contributed by atoms with Crippen LogP contribution in [0.1, 0.15) is 123 Å². The van der Waals surface area contributed by atoms with Gasteiger partial charge in [0.2, 0.25) is 0 Å². The summed E-state index contributed by atoms with van der Waals surface area (Å²) in [7, 11) is 0. The summed E-state index contributed by atoms with van der Waals surface area (Å²) in [4.78, 5) is 11.9. The molecule has 0 saturated carbocycles. The summed E-state index contributed by atoms with van der Waals surface area (Å²) in [6.07, 6.45) is -8.21. The number of hydrogen-bond acceptors (Lipinski definition) is 4. The smallest absolute Gasteiger partial charge is 0.416 e. The van der Waals surface area contributed by atoms with E-state index in [2.05, 4.69) is 76.4 Å². The van der Waals surface area contributed by atoms with Gasteiger partial charge in [-0.05, 0) is 124 Å². The Morgan fingerprint density at radius 3 is 1.80 bits per heavy atom. The maximum absolute atomic E-state index is 14.5. The van der Waals surface area contributed by atoms with Gasteiger partial charge in [0.1, 0.15) is 23.0 Å². The second-order valence-electron chi connectivity index (χ2n) is 21.9. The molecule has 71 heavy (non-hydrogen) atoms. The zero-order valence-electron chi connectivity index (χ0n) is 41.5. The van der Waals surface area contributed by atoms with Gasteiger partial charge in [0.05, 0.1) is 28.4 Å². The van der Waals surface area contributed by atoms with Gasteiger partial charge in [-0.15, -0.1) is 0 Å².